The summed E-state index contributed by atoms with van der Waals surface area (Å²) < 4.78 is 5.74. The first-order valence-corrected chi connectivity index (χ1v) is 10.0. The average molecular weight is 421 g/mol. The number of hydrazine groups is 1. The van der Waals surface area contributed by atoms with Crippen molar-refractivity contribution in [2.24, 2.45) is 0 Å². The molecule has 2 aromatic carbocycles. The van der Waals surface area contributed by atoms with Crippen LogP contribution < -0.4 is 26.2 Å². The topological polar surface area (TPSA) is 124 Å². The Hall–Kier alpha value is -4.01. The maximum atomic E-state index is 12.4. The molecule has 9 nitrogen and oxygen atoms in total. The number of urea groups is 1. The highest BCUT2D eigenvalue weighted by molar-refractivity contribution is 6.07. The van der Waals surface area contributed by atoms with E-state index in [9.17, 15) is 14.4 Å². The van der Waals surface area contributed by atoms with Crippen LogP contribution in [0.1, 0.15) is 42.2 Å². The zero-order valence-corrected chi connectivity index (χ0v) is 17.1. The molecule has 0 spiro atoms. The van der Waals surface area contributed by atoms with Gasteiger partial charge in [0.2, 0.25) is 0 Å². The predicted octanol–water partition coefficient (Wildman–Crippen LogP) is 2.98. The van der Waals surface area contributed by atoms with Crippen molar-refractivity contribution in [2.45, 2.75) is 32.4 Å². The van der Waals surface area contributed by atoms with Crippen molar-refractivity contribution in [1.82, 2.24) is 21.2 Å². The fourth-order valence-corrected chi connectivity index (χ4v) is 3.45. The van der Waals surface area contributed by atoms with E-state index in [0.717, 1.165) is 16.5 Å². The summed E-state index contributed by atoms with van der Waals surface area (Å²) in [6.07, 6.45) is 1.62. The van der Waals surface area contributed by atoms with Crippen molar-refractivity contribution < 1.29 is 19.1 Å². The van der Waals surface area contributed by atoms with E-state index in [-0.39, 0.29) is 11.9 Å². The fourth-order valence-electron chi connectivity index (χ4n) is 3.45. The second-order valence-corrected chi connectivity index (χ2v) is 7.28. The second-order valence-electron chi connectivity index (χ2n) is 7.28. The number of carbonyl (C=O) groups excluding carboxylic acids is 3. The highest BCUT2D eigenvalue weighted by atomic mass is 16.5. The Balaban J connectivity index is 1.36. The first-order chi connectivity index (χ1) is 15.0. The molecular weight excluding hydrogens is 398 g/mol. The standard InChI is InChI=1S/C22H23N5O4/c1-3-18-21(29)25-17-9-8-13(10-19(17)31-18)12(2)24-22(30)27-26-20(28)15-11-23-16-7-5-4-6-14(15)16/h4-12,18,23H,3H2,1-2H3,(H,25,29)(H,26,28)(H2,24,27,30). The van der Waals surface area contributed by atoms with Gasteiger partial charge in [0.05, 0.1) is 17.3 Å². The summed E-state index contributed by atoms with van der Waals surface area (Å²) in [5.41, 5.74) is 7.44. The van der Waals surface area contributed by atoms with E-state index in [1.165, 1.54) is 0 Å². The minimum absolute atomic E-state index is 0.167. The third-order valence-corrected chi connectivity index (χ3v) is 5.17. The zero-order chi connectivity index (χ0) is 22.0. The Bertz CT molecular complexity index is 1160. The van der Waals surface area contributed by atoms with E-state index in [1.54, 1.807) is 24.4 Å². The molecule has 160 valence electrons. The molecule has 0 bridgehead atoms. The fraction of sp³-hybridized carbons (Fsp3) is 0.227. The van der Waals surface area contributed by atoms with Gasteiger partial charge in [0, 0.05) is 17.1 Å². The van der Waals surface area contributed by atoms with Crippen LogP contribution in [-0.2, 0) is 4.79 Å². The number of benzene rings is 2. The monoisotopic (exact) mass is 421 g/mol. The van der Waals surface area contributed by atoms with Crippen LogP contribution >= 0.6 is 0 Å². The Morgan fingerprint density at radius 3 is 2.77 bits per heavy atom. The van der Waals surface area contributed by atoms with E-state index >= 15 is 0 Å². The molecule has 4 amide bonds. The SMILES string of the molecule is CCC1Oc2cc(C(C)NC(=O)NNC(=O)c3c[nH]c4ccccc34)ccc2NC1=O. The van der Waals surface area contributed by atoms with Crippen molar-refractivity contribution in [3.05, 3.63) is 59.8 Å². The Kier molecular flexibility index (Phi) is 5.48. The van der Waals surface area contributed by atoms with E-state index in [0.29, 0.717) is 23.4 Å². The molecular formula is C22H23N5O4. The number of nitrogens with one attached hydrogen (secondary N) is 5. The lowest BCUT2D eigenvalue weighted by Crippen LogP contribution is -2.47. The normalized spacial score (nSPS) is 15.9. The third-order valence-electron chi connectivity index (χ3n) is 5.17. The summed E-state index contributed by atoms with van der Waals surface area (Å²) in [6, 6.07) is 11.8. The van der Waals surface area contributed by atoms with Crippen molar-refractivity contribution in [1.29, 1.82) is 0 Å². The van der Waals surface area contributed by atoms with Gasteiger partial charge in [-0.25, -0.2) is 10.2 Å². The summed E-state index contributed by atoms with van der Waals surface area (Å²) >= 11 is 0. The van der Waals surface area contributed by atoms with Gasteiger partial charge < -0.3 is 20.4 Å². The van der Waals surface area contributed by atoms with Gasteiger partial charge in [-0.3, -0.25) is 15.0 Å². The minimum Gasteiger partial charge on any atom is -0.478 e. The Labute approximate surface area is 178 Å². The first-order valence-electron chi connectivity index (χ1n) is 10.0. The van der Waals surface area contributed by atoms with Gasteiger partial charge in [0.1, 0.15) is 5.75 Å². The van der Waals surface area contributed by atoms with Crippen LogP contribution in [0.25, 0.3) is 10.9 Å². The van der Waals surface area contributed by atoms with Gasteiger partial charge in [0.15, 0.2) is 6.10 Å². The van der Waals surface area contributed by atoms with Gasteiger partial charge in [-0.2, -0.15) is 0 Å². The van der Waals surface area contributed by atoms with E-state index < -0.39 is 18.0 Å². The minimum atomic E-state index is -0.556. The molecule has 1 aromatic heterocycles. The maximum absolute atomic E-state index is 12.4. The highest BCUT2D eigenvalue weighted by Gasteiger charge is 2.26. The molecule has 31 heavy (non-hydrogen) atoms. The number of ether oxygens (including phenoxy) is 1. The lowest BCUT2D eigenvalue weighted by atomic mass is 10.1. The number of para-hydroxylation sites is 1. The highest BCUT2D eigenvalue weighted by Crippen LogP contribution is 2.33. The van der Waals surface area contributed by atoms with Gasteiger partial charge >= 0.3 is 6.03 Å². The van der Waals surface area contributed by atoms with Crippen molar-refractivity contribution in [3.8, 4) is 5.75 Å². The molecule has 2 atom stereocenters. The molecule has 0 aliphatic carbocycles. The number of carbonyl (C=O) groups is 3. The van der Waals surface area contributed by atoms with Crippen molar-refractivity contribution in [3.63, 3.8) is 0 Å². The lowest BCUT2D eigenvalue weighted by molar-refractivity contribution is -0.123. The number of amides is 4. The Morgan fingerprint density at radius 2 is 1.97 bits per heavy atom. The van der Waals surface area contributed by atoms with Crippen LogP contribution in [0.5, 0.6) is 5.75 Å². The van der Waals surface area contributed by atoms with Gasteiger partial charge in [0.25, 0.3) is 11.8 Å². The van der Waals surface area contributed by atoms with E-state index in [4.69, 9.17) is 4.74 Å². The molecule has 2 heterocycles. The molecule has 5 N–H and O–H groups in total. The molecule has 1 aliphatic heterocycles. The van der Waals surface area contributed by atoms with Crippen molar-refractivity contribution >= 4 is 34.4 Å². The number of fused-ring (bicyclic) bond motifs is 2. The van der Waals surface area contributed by atoms with Gasteiger partial charge in [-0.1, -0.05) is 31.2 Å². The molecule has 4 rings (SSSR count). The second kappa shape index (κ2) is 8.39. The molecule has 2 unspecified atom stereocenters. The summed E-state index contributed by atoms with van der Waals surface area (Å²) in [5, 5.41) is 6.34. The zero-order valence-electron chi connectivity index (χ0n) is 17.1. The van der Waals surface area contributed by atoms with Crippen LogP contribution in [0.3, 0.4) is 0 Å². The summed E-state index contributed by atoms with van der Waals surface area (Å²) in [5.74, 6) is -0.0336. The maximum Gasteiger partial charge on any atom is 0.333 e. The smallest absolute Gasteiger partial charge is 0.333 e. The van der Waals surface area contributed by atoms with Crippen LogP contribution in [-0.4, -0.2) is 28.9 Å². The van der Waals surface area contributed by atoms with E-state index in [2.05, 4.69) is 26.5 Å². The molecule has 9 heteroatoms. The first kappa shape index (κ1) is 20.3. The summed E-state index contributed by atoms with van der Waals surface area (Å²) in [6.45, 7) is 3.68. The van der Waals surface area contributed by atoms with E-state index in [1.807, 2.05) is 38.1 Å². The number of hydrogen-bond acceptors (Lipinski definition) is 4. The summed E-state index contributed by atoms with van der Waals surface area (Å²) in [4.78, 5) is 39.6. The van der Waals surface area contributed by atoms with Gasteiger partial charge in [-0.15, -0.1) is 0 Å². The van der Waals surface area contributed by atoms with Crippen LogP contribution in [0, 0.1) is 0 Å². The predicted molar refractivity (Wildman–Crippen MR) is 116 cm³/mol. The quantitative estimate of drug-likeness (QED) is 0.415. The lowest BCUT2D eigenvalue weighted by Gasteiger charge is -2.26. The van der Waals surface area contributed by atoms with Crippen molar-refractivity contribution in [2.75, 3.05) is 5.32 Å². The number of aromatic nitrogens is 1. The Morgan fingerprint density at radius 1 is 1.16 bits per heavy atom. The van der Waals surface area contributed by atoms with Gasteiger partial charge in [-0.05, 0) is 37.1 Å². The van der Waals surface area contributed by atoms with Crippen LogP contribution in [0.15, 0.2) is 48.7 Å². The number of rotatable bonds is 4. The van der Waals surface area contributed by atoms with Crippen LogP contribution in [0.4, 0.5) is 10.5 Å². The number of hydrogen-bond donors (Lipinski definition) is 5. The number of anilines is 1. The summed E-state index contributed by atoms with van der Waals surface area (Å²) in [7, 11) is 0. The molecule has 0 radical (unpaired) electrons. The van der Waals surface area contributed by atoms with Crippen LogP contribution in [0.2, 0.25) is 0 Å². The molecule has 0 fully saturated rings. The number of H-pyrrole nitrogens is 1. The molecule has 1 aliphatic rings. The largest absolute Gasteiger partial charge is 0.478 e. The third kappa shape index (κ3) is 4.16. The average Bonchev–Trinajstić information content (AvgIpc) is 3.21. The number of aromatic amines is 1. The molecule has 3 aromatic rings. The molecule has 0 saturated carbocycles. The molecule has 0 saturated heterocycles.